The second-order valence-electron chi connectivity index (χ2n) is 7.35. The number of aliphatic hydroxyl groups is 1. The molecular weight excluding hydrogens is 380 g/mol. The number of carbonyl (C=O) groups excluding carboxylic acids is 1. The van der Waals surface area contributed by atoms with Gasteiger partial charge in [-0.25, -0.2) is 9.51 Å². The molecule has 0 bridgehead atoms. The predicted octanol–water partition coefficient (Wildman–Crippen LogP) is 2.16. The van der Waals surface area contributed by atoms with Gasteiger partial charge in [0.15, 0.2) is 11.6 Å². The van der Waals surface area contributed by atoms with Gasteiger partial charge in [0.25, 0.3) is 0 Å². The van der Waals surface area contributed by atoms with Crippen LogP contribution in [0.25, 0.3) is 5.52 Å². The van der Waals surface area contributed by atoms with Gasteiger partial charge in [0, 0.05) is 31.9 Å². The summed E-state index contributed by atoms with van der Waals surface area (Å²) in [5.74, 6) is 0.634. The molecule has 1 aliphatic rings. The van der Waals surface area contributed by atoms with Crippen molar-refractivity contribution in [2.24, 2.45) is 4.99 Å². The summed E-state index contributed by atoms with van der Waals surface area (Å²) < 4.78 is 1.80. The number of hydrogen-bond donors (Lipinski definition) is 3. The van der Waals surface area contributed by atoms with Gasteiger partial charge in [0.05, 0.1) is 23.5 Å². The quantitative estimate of drug-likeness (QED) is 0.520. The summed E-state index contributed by atoms with van der Waals surface area (Å²) in [5.41, 5.74) is 3.46. The lowest BCUT2D eigenvalue weighted by atomic mass is 10.0. The number of anilines is 1. The van der Waals surface area contributed by atoms with Crippen LogP contribution in [0, 0.1) is 0 Å². The third-order valence-corrected chi connectivity index (χ3v) is 4.86. The molecule has 30 heavy (non-hydrogen) atoms. The third kappa shape index (κ3) is 5.14. The molecule has 0 spiro atoms. The lowest BCUT2D eigenvalue weighted by Gasteiger charge is -2.16. The van der Waals surface area contributed by atoms with Gasteiger partial charge in [-0.1, -0.05) is 13.0 Å². The maximum atomic E-state index is 12.1. The van der Waals surface area contributed by atoms with Gasteiger partial charge in [0.1, 0.15) is 5.69 Å². The third-order valence-electron chi connectivity index (χ3n) is 4.86. The zero-order valence-corrected chi connectivity index (χ0v) is 17.9. The molecule has 3 N–H and O–H groups in total. The van der Waals surface area contributed by atoms with Crippen molar-refractivity contribution in [2.45, 2.75) is 20.3 Å². The number of nitrogens with zero attached hydrogens (tertiary/aromatic N) is 4. The molecular formula is C22H30N6O2. The van der Waals surface area contributed by atoms with Gasteiger partial charge >= 0.3 is 0 Å². The lowest BCUT2D eigenvalue weighted by molar-refractivity contribution is -0.111. The highest BCUT2D eigenvalue weighted by molar-refractivity contribution is 6.22. The van der Waals surface area contributed by atoms with Crippen LogP contribution in [0.4, 0.5) is 11.5 Å². The lowest BCUT2D eigenvalue weighted by Crippen LogP contribution is -2.26. The van der Waals surface area contributed by atoms with E-state index in [2.05, 4.69) is 34.6 Å². The number of allylic oxidation sites excluding steroid dienone is 3. The van der Waals surface area contributed by atoms with Crippen molar-refractivity contribution in [1.82, 2.24) is 19.8 Å². The Morgan fingerprint density at radius 3 is 2.80 bits per heavy atom. The van der Waals surface area contributed by atoms with Crippen LogP contribution in [0.2, 0.25) is 0 Å². The van der Waals surface area contributed by atoms with E-state index in [9.17, 15) is 4.79 Å². The summed E-state index contributed by atoms with van der Waals surface area (Å²) in [6.45, 7) is 6.94. The summed E-state index contributed by atoms with van der Waals surface area (Å²) in [6, 6.07) is 5.84. The molecule has 160 valence electrons. The summed E-state index contributed by atoms with van der Waals surface area (Å²) >= 11 is 0. The van der Waals surface area contributed by atoms with Crippen LogP contribution in [0.15, 0.2) is 52.8 Å². The second-order valence-corrected chi connectivity index (χ2v) is 7.35. The SMILES string of the molecule is CCCN(C)CCNc1nn2ccccc2c1N=C1C=C(C)C(=O)C=C1NCCO. The number of ketones is 1. The minimum Gasteiger partial charge on any atom is -0.395 e. The Balaban J connectivity index is 1.95. The van der Waals surface area contributed by atoms with Gasteiger partial charge < -0.3 is 20.6 Å². The van der Waals surface area contributed by atoms with Crippen molar-refractivity contribution < 1.29 is 9.90 Å². The minimum absolute atomic E-state index is 0.0314. The number of rotatable bonds is 10. The first kappa shape index (κ1) is 21.7. The van der Waals surface area contributed by atoms with Gasteiger partial charge in [-0.15, -0.1) is 5.10 Å². The fraction of sp³-hybridized carbons (Fsp3) is 0.409. The Labute approximate surface area is 177 Å². The van der Waals surface area contributed by atoms with Crippen LogP contribution < -0.4 is 10.6 Å². The molecule has 8 nitrogen and oxygen atoms in total. The highest BCUT2D eigenvalue weighted by Crippen LogP contribution is 2.31. The fourth-order valence-electron chi connectivity index (χ4n) is 3.29. The van der Waals surface area contributed by atoms with Crippen molar-refractivity contribution in [3.05, 3.63) is 47.8 Å². The molecule has 0 fully saturated rings. The summed E-state index contributed by atoms with van der Waals surface area (Å²) in [5, 5.41) is 20.3. The maximum Gasteiger partial charge on any atom is 0.183 e. The Morgan fingerprint density at radius 1 is 1.20 bits per heavy atom. The molecule has 0 amide bonds. The van der Waals surface area contributed by atoms with Crippen molar-refractivity contribution >= 4 is 28.5 Å². The number of likely N-dealkylation sites (N-methyl/N-ethyl adjacent to an activating group) is 1. The first-order valence-corrected chi connectivity index (χ1v) is 10.3. The van der Waals surface area contributed by atoms with Crippen LogP contribution in [0.1, 0.15) is 20.3 Å². The highest BCUT2D eigenvalue weighted by Gasteiger charge is 2.19. The van der Waals surface area contributed by atoms with Crippen LogP contribution in [-0.2, 0) is 4.79 Å². The Kier molecular flexibility index (Phi) is 7.37. The van der Waals surface area contributed by atoms with Crippen molar-refractivity contribution in [2.75, 3.05) is 45.2 Å². The number of aliphatic imine (C=N–C) groups is 1. The predicted molar refractivity (Wildman–Crippen MR) is 121 cm³/mol. The normalized spacial score (nSPS) is 15.6. The average Bonchev–Trinajstić information content (AvgIpc) is 3.07. The average molecular weight is 411 g/mol. The van der Waals surface area contributed by atoms with Crippen molar-refractivity contribution in [3.63, 3.8) is 0 Å². The first-order valence-electron chi connectivity index (χ1n) is 10.3. The molecule has 1 aliphatic carbocycles. The number of fused-ring (bicyclic) bond motifs is 1. The van der Waals surface area contributed by atoms with E-state index in [4.69, 9.17) is 10.1 Å². The maximum absolute atomic E-state index is 12.1. The van der Waals surface area contributed by atoms with E-state index >= 15 is 0 Å². The molecule has 8 heteroatoms. The summed E-state index contributed by atoms with van der Waals surface area (Å²) in [4.78, 5) is 19.3. The molecule has 0 unspecified atom stereocenters. The Morgan fingerprint density at radius 2 is 2.03 bits per heavy atom. The molecule has 0 radical (unpaired) electrons. The molecule has 2 aromatic heterocycles. The molecule has 2 aromatic rings. The minimum atomic E-state index is -0.0634. The molecule has 0 aromatic carbocycles. The van der Waals surface area contributed by atoms with E-state index < -0.39 is 0 Å². The van der Waals surface area contributed by atoms with Gasteiger partial charge in [-0.3, -0.25) is 4.79 Å². The van der Waals surface area contributed by atoms with Crippen LogP contribution >= 0.6 is 0 Å². The topological polar surface area (TPSA) is 94.3 Å². The molecule has 0 saturated carbocycles. The molecule has 0 atom stereocenters. The zero-order valence-electron chi connectivity index (χ0n) is 17.9. The second kappa shape index (κ2) is 10.2. The number of carbonyl (C=O) groups is 1. The molecule has 0 saturated heterocycles. The van der Waals surface area contributed by atoms with Gasteiger partial charge in [-0.05, 0) is 50.7 Å². The van der Waals surface area contributed by atoms with Crippen LogP contribution in [0.3, 0.4) is 0 Å². The van der Waals surface area contributed by atoms with Crippen molar-refractivity contribution in [3.8, 4) is 0 Å². The fourth-order valence-corrected chi connectivity index (χ4v) is 3.29. The van der Waals surface area contributed by atoms with Gasteiger partial charge in [0.2, 0.25) is 0 Å². The number of hydrogen-bond acceptors (Lipinski definition) is 7. The highest BCUT2D eigenvalue weighted by atomic mass is 16.3. The van der Waals surface area contributed by atoms with E-state index in [0.29, 0.717) is 29.3 Å². The summed E-state index contributed by atoms with van der Waals surface area (Å²) in [7, 11) is 2.10. The Hall–Kier alpha value is -2.97. The Bertz CT molecular complexity index is 989. The van der Waals surface area contributed by atoms with E-state index in [1.807, 2.05) is 24.4 Å². The smallest absolute Gasteiger partial charge is 0.183 e. The van der Waals surface area contributed by atoms with Gasteiger partial charge in [-0.2, -0.15) is 0 Å². The van der Waals surface area contributed by atoms with E-state index in [0.717, 1.165) is 37.3 Å². The largest absolute Gasteiger partial charge is 0.395 e. The van der Waals surface area contributed by atoms with Crippen LogP contribution in [-0.4, -0.2) is 70.9 Å². The first-order chi connectivity index (χ1) is 14.5. The number of nitrogens with one attached hydrogen (secondary N) is 2. The monoisotopic (exact) mass is 410 g/mol. The molecule has 0 aliphatic heterocycles. The standard InChI is InChI=1S/C22H30N6O2/c1-4-10-27(3)12-8-24-22-21(19-7-5-6-11-28(19)26-22)25-18-14-16(2)20(30)15-17(18)23-9-13-29/h5-7,11,14-15,23,29H,4,8-10,12-13H2,1-3H3,(H,24,26). The summed E-state index contributed by atoms with van der Waals surface area (Å²) in [6.07, 6.45) is 6.30. The van der Waals surface area contributed by atoms with Crippen LogP contribution in [0.5, 0.6) is 0 Å². The van der Waals surface area contributed by atoms with Crippen molar-refractivity contribution in [1.29, 1.82) is 0 Å². The number of aliphatic hydroxyl groups excluding tert-OH is 1. The molecule has 3 rings (SSSR count). The van der Waals surface area contributed by atoms with E-state index in [-0.39, 0.29) is 12.4 Å². The number of pyridine rings is 1. The zero-order chi connectivity index (χ0) is 21.5. The number of aromatic nitrogens is 2. The van der Waals surface area contributed by atoms with E-state index in [1.54, 1.807) is 17.5 Å². The van der Waals surface area contributed by atoms with E-state index in [1.165, 1.54) is 6.08 Å². The molecule has 2 heterocycles.